The van der Waals surface area contributed by atoms with Gasteiger partial charge in [-0.25, -0.2) is 0 Å². The molecular weight excluding hydrogens is 216 g/mol. The predicted molar refractivity (Wildman–Crippen MR) is 62.2 cm³/mol. The lowest BCUT2D eigenvalue weighted by atomic mass is 10.3. The number of hydrogen-bond acceptors (Lipinski definition) is 4. The maximum Gasteiger partial charge on any atom is 0.272 e. The van der Waals surface area contributed by atoms with Gasteiger partial charge in [-0.1, -0.05) is 6.07 Å². The van der Waals surface area contributed by atoms with Crippen LogP contribution < -0.4 is 5.32 Å². The van der Waals surface area contributed by atoms with Gasteiger partial charge < -0.3 is 5.32 Å². The molecule has 0 spiro atoms. The highest BCUT2D eigenvalue weighted by Gasteiger charge is 2.06. The van der Waals surface area contributed by atoms with E-state index in [2.05, 4.69) is 20.5 Å². The number of carbonyl (C=O) groups is 1. The number of pyridine rings is 1. The van der Waals surface area contributed by atoms with Crippen LogP contribution >= 0.6 is 0 Å². The van der Waals surface area contributed by atoms with Gasteiger partial charge in [0.1, 0.15) is 0 Å². The highest BCUT2D eigenvalue weighted by Crippen LogP contribution is 1.98. The number of amides is 1. The fourth-order valence-electron chi connectivity index (χ4n) is 1.30. The summed E-state index contributed by atoms with van der Waals surface area (Å²) in [5, 5.41) is 10.4. The lowest BCUT2D eigenvalue weighted by molar-refractivity contribution is 0.0945. The summed E-state index contributed by atoms with van der Waals surface area (Å²) in [7, 11) is 0. The lowest BCUT2D eigenvalue weighted by Crippen LogP contribution is -2.24. The van der Waals surface area contributed by atoms with E-state index in [1.807, 2.05) is 19.1 Å². The highest BCUT2D eigenvalue weighted by molar-refractivity contribution is 5.91. The molecule has 0 aliphatic heterocycles. The Morgan fingerprint density at radius 3 is 2.82 bits per heavy atom. The second-order valence-corrected chi connectivity index (χ2v) is 3.60. The standard InChI is InChI=1S/C12H12N4O/c1-9-4-5-11(16-15-9)12(17)14-8-10-3-2-6-13-7-10/h2-7H,8H2,1H3,(H,14,17). The van der Waals surface area contributed by atoms with Gasteiger partial charge in [-0.3, -0.25) is 9.78 Å². The summed E-state index contributed by atoms with van der Waals surface area (Å²) in [6.07, 6.45) is 3.40. The quantitative estimate of drug-likeness (QED) is 0.854. The molecule has 0 aromatic carbocycles. The summed E-state index contributed by atoms with van der Waals surface area (Å²) in [5.74, 6) is -0.235. The number of nitrogens with one attached hydrogen (secondary N) is 1. The third-order valence-electron chi connectivity index (χ3n) is 2.21. The van der Waals surface area contributed by atoms with Crippen molar-refractivity contribution in [2.75, 3.05) is 0 Å². The number of nitrogens with zero attached hydrogens (tertiary/aromatic N) is 3. The largest absolute Gasteiger partial charge is 0.347 e. The van der Waals surface area contributed by atoms with Gasteiger partial charge in [-0.05, 0) is 30.7 Å². The zero-order valence-electron chi connectivity index (χ0n) is 9.42. The molecule has 0 saturated carbocycles. The molecule has 5 nitrogen and oxygen atoms in total. The molecule has 2 heterocycles. The van der Waals surface area contributed by atoms with Crippen LogP contribution in [-0.2, 0) is 6.54 Å². The Balaban J connectivity index is 1.96. The normalized spacial score (nSPS) is 9.94. The summed E-state index contributed by atoms with van der Waals surface area (Å²) in [6, 6.07) is 7.13. The van der Waals surface area contributed by atoms with Gasteiger partial charge in [-0.2, -0.15) is 5.10 Å². The monoisotopic (exact) mass is 228 g/mol. The Labute approximate surface area is 98.9 Å². The molecule has 0 aliphatic rings. The van der Waals surface area contributed by atoms with Crippen LogP contribution in [-0.4, -0.2) is 21.1 Å². The van der Waals surface area contributed by atoms with Crippen molar-refractivity contribution in [1.29, 1.82) is 0 Å². The minimum Gasteiger partial charge on any atom is -0.347 e. The third kappa shape index (κ3) is 3.07. The lowest BCUT2D eigenvalue weighted by Gasteiger charge is -2.03. The highest BCUT2D eigenvalue weighted by atomic mass is 16.1. The first-order valence-electron chi connectivity index (χ1n) is 5.23. The van der Waals surface area contributed by atoms with Crippen LogP contribution in [0, 0.1) is 6.92 Å². The molecule has 0 fully saturated rings. The van der Waals surface area contributed by atoms with E-state index in [-0.39, 0.29) is 5.91 Å². The van der Waals surface area contributed by atoms with Crippen molar-refractivity contribution >= 4 is 5.91 Å². The first-order valence-corrected chi connectivity index (χ1v) is 5.23. The average molecular weight is 228 g/mol. The van der Waals surface area contributed by atoms with E-state index in [0.29, 0.717) is 12.2 Å². The topological polar surface area (TPSA) is 67.8 Å². The van der Waals surface area contributed by atoms with E-state index in [4.69, 9.17) is 0 Å². The van der Waals surface area contributed by atoms with E-state index in [9.17, 15) is 4.79 Å². The second-order valence-electron chi connectivity index (χ2n) is 3.60. The summed E-state index contributed by atoms with van der Waals surface area (Å²) >= 11 is 0. The Morgan fingerprint density at radius 1 is 1.29 bits per heavy atom. The predicted octanol–water partition coefficient (Wildman–Crippen LogP) is 1.11. The fraction of sp³-hybridized carbons (Fsp3) is 0.167. The van der Waals surface area contributed by atoms with Crippen LogP contribution in [0.25, 0.3) is 0 Å². The van der Waals surface area contributed by atoms with Gasteiger partial charge in [0.05, 0.1) is 5.69 Å². The molecule has 1 N–H and O–H groups in total. The Bertz CT molecular complexity index is 496. The molecule has 0 aliphatic carbocycles. The summed E-state index contributed by atoms with van der Waals surface area (Å²) in [4.78, 5) is 15.7. The Hall–Kier alpha value is -2.30. The van der Waals surface area contributed by atoms with Crippen LogP contribution in [0.1, 0.15) is 21.7 Å². The number of aromatic nitrogens is 3. The van der Waals surface area contributed by atoms with Crippen molar-refractivity contribution in [2.45, 2.75) is 13.5 Å². The average Bonchev–Trinajstić information content (AvgIpc) is 2.38. The van der Waals surface area contributed by atoms with E-state index in [1.165, 1.54) is 0 Å². The van der Waals surface area contributed by atoms with Gasteiger partial charge in [-0.15, -0.1) is 5.10 Å². The maximum atomic E-state index is 11.7. The van der Waals surface area contributed by atoms with E-state index in [1.54, 1.807) is 24.5 Å². The van der Waals surface area contributed by atoms with Crippen molar-refractivity contribution in [3.05, 3.63) is 53.6 Å². The van der Waals surface area contributed by atoms with Crippen LogP contribution in [0.15, 0.2) is 36.7 Å². The van der Waals surface area contributed by atoms with Crippen LogP contribution in [0.4, 0.5) is 0 Å². The molecule has 2 aromatic rings. The van der Waals surface area contributed by atoms with Crippen molar-refractivity contribution in [3.63, 3.8) is 0 Å². The van der Waals surface area contributed by atoms with Crippen LogP contribution in [0.2, 0.25) is 0 Å². The molecule has 1 amide bonds. The smallest absolute Gasteiger partial charge is 0.272 e. The molecule has 0 radical (unpaired) electrons. The molecule has 0 saturated heterocycles. The van der Waals surface area contributed by atoms with Gasteiger partial charge in [0, 0.05) is 18.9 Å². The van der Waals surface area contributed by atoms with Crippen LogP contribution in [0.3, 0.4) is 0 Å². The number of hydrogen-bond donors (Lipinski definition) is 1. The van der Waals surface area contributed by atoms with Crippen molar-refractivity contribution in [1.82, 2.24) is 20.5 Å². The summed E-state index contributed by atoms with van der Waals surface area (Å²) in [5.41, 5.74) is 2.05. The number of aryl methyl sites for hydroxylation is 1. The second kappa shape index (κ2) is 5.16. The van der Waals surface area contributed by atoms with E-state index in [0.717, 1.165) is 11.3 Å². The molecule has 5 heteroatoms. The van der Waals surface area contributed by atoms with E-state index < -0.39 is 0 Å². The van der Waals surface area contributed by atoms with E-state index >= 15 is 0 Å². The molecule has 86 valence electrons. The van der Waals surface area contributed by atoms with Gasteiger partial charge in [0.2, 0.25) is 0 Å². The molecule has 2 aromatic heterocycles. The molecule has 0 bridgehead atoms. The SMILES string of the molecule is Cc1ccc(C(=O)NCc2cccnc2)nn1. The molecule has 2 rings (SSSR count). The maximum absolute atomic E-state index is 11.7. The van der Waals surface area contributed by atoms with Gasteiger partial charge in [0.15, 0.2) is 5.69 Å². The first kappa shape index (κ1) is 11.2. The van der Waals surface area contributed by atoms with Crippen molar-refractivity contribution in [2.24, 2.45) is 0 Å². The summed E-state index contributed by atoms with van der Waals surface area (Å²) in [6.45, 7) is 2.26. The molecule has 0 atom stereocenters. The Kier molecular flexibility index (Phi) is 3.40. The zero-order valence-corrected chi connectivity index (χ0v) is 9.42. The minimum atomic E-state index is -0.235. The molecule has 0 unspecified atom stereocenters. The van der Waals surface area contributed by atoms with Gasteiger partial charge >= 0.3 is 0 Å². The number of rotatable bonds is 3. The summed E-state index contributed by atoms with van der Waals surface area (Å²) < 4.78 is 0. The third-order valence-corrected chi connectivity index (χ3v) is 2.21. The van der Waals surface area contributed by atoms with Crippen LogP contribution in [0.5, 0.6) is 0 Å². The van der Waals surface area contributed by atoms with Gasteiger partial charge in [0.25, 0.3) is 5.91 Å². The van der Waals surface area contributed by atoms with Crippen molar-refractivity contribution in [3.8, 4) is 0 Å². The van der Waals surface area contributed by atoms with Crippen molar-refractivity contribution < 1.29 is 4.79 Å². The Morgan fingerprint density at radius 2 is 2.18 bits per heavy atom. The zero-order chi connectivity index (χ0) is 12.1. The molecule has 17 heavy (non-hydrogen) atoms. The first-order chi connectivity index (χ1) is 8.25. The minimum absolute atomic E-state index is 0.235. The number of carbonyl (C=O) groups excluding carboxylic acids is 1. The molecular formula is C12H12N4O. The fourth-order valence-corrected chi connectivity index (χ4v) is 1.30.